The summed E-state index contributed by atoms with van der Waals surface area (Å²) >= 11 is 8.59. The minimum atomic E-state index is -0.242. The van der Waals surface area contributed by atoms with Gasteiger partial charge in [-0.05, 0) is 60.4 Å². The second kappa shape index (κ2) is 4.04. The summed E-state index contributed by atoms with van der Waals surface area (Å²) in [7, 11) is 6.72. The Morgan fingerprint density at radius 2 is 2.00 bits per heavy atom. The highest BCUT2D eigenvalue weighted by Gasteiger charge is 2.35. The van der Waals surface area contributed by atoms with E-state index in [1.54, 1.807) is 41.2 Å². The van der Waals surface area contributed by atoms with Crippen LogP contribution in [0.3, 0.4) is 0 Å². The van der Waals surface area contributed by atoms with Crippen molar-refractivity contribution in [3.05, 3.63) is 0 Å². The highest BCUT2D eigenvalue weighted by molar-refractivity contribution is 9.31. The molecule has 1 heterocycles. The summed E-state index contributed by atoms with van der Waals surface area (Å²) in [6.07, 6.45) is 0. The van der Waals surface area contributed by atoms with Crippen LogP contribution in [0.2, 0.25) is 0 Å². The predicted molar refractivity (Wildman–Crippen MR) is 61.4 cm³/mol. The average Bonchev–Trinajstić information content (AvgIpc) is 2.12. The molecule has 0 aromatic heterocycles. The highest BCUT2D eigenvalue weighted by atomic mass is 33.7. The lowest BCUT2D eigenvalue weighted by Gasteiger charge is -2.19. The van der Waals surface area contributed by atoms with Crippen LogP contribution in [0.4, 0.5) is 0 Å². The van der Waals surface area contributed by atoms with Crippen LogP contribution in [0.5, 0.6) is 0 Å². The van der Waals surface area contributed by atoms with E-state index in [1.807, 2.05) is 6.92 Å². The number of hydrogen-bond acceptors (Lipinski definition) is 6. The molecule has 0 aliphatic carbocycles. The lowest BCUT2D eigenvalue weighted by atomic mass is 10.8. The number of thiocarbonyl (C=S) groups is 1. The first kappa shape index (κ1) is 9.73. The summed E-state index contributed by atoms with van der Waals surface area (Å²) in [6, 6.07) is 0. The van der Waals surface area contributed by atoms with Gasteiger partial charge >= 0.3 is 0 Å². The van der Waals surface area contributed by atoms with Gasteiger partial charge in [0.1, 0.15) is 0 Å². The molecular formula is C3H4OS6. The Kier molecular flexibility index (Phi) is 3.93. The summed E-state index contributed by atoms with van der Waals surface area (Å²) in [6.45, 7) is 1.98. The molecule has 1 aliphatic rings. The van der Waals surface area contributed by atoms with Gasteiger partial charge in [-0.1, -0.05) is 12.6 Å². The fourth-order valence-electron chi connectivity index (χ4n) is 0.358. The van der Waals surface area contributed by atoms with Crippen LogP contribution in [0.1, 0.15) is 6.92 Å². The molecule has 58 valence electrons. The molecule has 0 amide bonds. The number of hydrogen-bond donors (Lipinski definition) is 1. The Bertz CT molecular complexity index is 140. The lowest BCUT2D eigenvalue weighted by Crippen LogP contribution is -2.16. The quantitative estimate of drug-likeness (QED) is 0.428. The maximum atomic E-state index is 5.28. The Labute approximate surface area is 85.8 Å². The molecular weight excluding hydrogens is 244 g/mol. The van der Waals surface area contributed by atoms with E-state index in [9.17, 15) is 0 Å². The van der Waals surface area contributed by atoms with Crippen LogP contribution < -0.4 is 0 Å². The molecule has 1 rings (SSSR count). The normalized spacial score (nSPS) is 22.6. The standard InChI is InChI=1S/C3H4OS6/c1-3(4-2(5)6)7-9-10-8-3/h1H3,(H,5,6). The molecule has 0 aromatic carbocycles. The Hall–Kier alpha value is 1.64. The van der Waals surface area contributed by atoms with Crippen molar-refractivity contribution in [1.29, 1.82) is 0 Å². The third-order valence-electron chi connectivity index (χ3n) is 0.671. The molecule has 0 spiro atoms. The molecule has 1 saturated heterocycles. The topological polar surface area (TPSA) is 9.23 Å². The number of rotatable bonds is 1. The molecule has 0 N–H and O–H groups in total. The van der Waals surface area contributed by atoms with Gasteiger partial charge in [-0.2, -0.15) is 0 Å². The van der Waals surface area contributed by atoms with Crippen molar-refractivity contribution in [2.24, 2.45) is 0 Å². The first-order chi connectivity index (χ1) is 4.62. The number of ether oxygens (including phenoxy) is 1. The Morgan fingerprint density at radius 1 is 1.50 bits per heavy atom. The molecule has 0 atom stereocenters. The molecule has 0 radical (unpaired) electrons. The van der Waals surface area contributed by atoms with Gasteiger partial charge in [-0.15, -0.1) is 0 Å². The zero-order chi connectivity index (χ0) is 7.61. The molecule has 0 bridgehead atoms. The van der Waals surface area contributed by atoms with E-state index in [0.29, 0.717) is 4.38 Å². The molecule has 0 saturated carbocycles. The first-order valence-electron chi connectivity index (χ1n) is 2.24. The van der Waals surface area contributed by atoms with Gasteiger partial charge in [0.15, 0.2) is 0 Å². The summed E-state index contributed by atoms with van der Waals surface area (Å²) in [5, 5.41) is 0. The second-order valence-corrected chi connectivity index (χ2v) is 9.30. The van der Waals surface area contributed by atoms with E-state index in [1.165, 1.54) is 0 Å². The van der Waals surface area contributed by atoms with Crippen molar-refractivity contribution in [1.82, 2.24) is 0 Å². The molecule has 1 fully saturated rings. The van der Waals surface area contributed by atoms with E-state index in [4.69, 9.17) is 17.0 Å². The molecule has 0 aromatic rings. The van der Waals surface area contributed by atoms with E-state index in [2.05, 4.69) is 12.6 Å². The van der Waals surface area contributed by atoms with Gasteiger partial charge in [0.05, 0.1) is 0 Å². The Balaban J connectivity index is 2.43. The summed E-state index contributed by atoms with van der Waals surface area (Å²) in [4.78, 5) is 0. The number of thiol groups is 1. The molecule has 1 aliphatic heterocycles. The van der Waals surface area contributed by atoms with Gasteiger partial charge in [0.2, 0.25) is 8.65 Å². The maximum Gasteiger partial charge on any atom is 0.221 e. The van der Waals surface area contributed by atoms with Crippen molar-refractivity contribution in [3.63, 3.8) is 0 Å². The van der Waals surface area contributed by atoms with Crippen molar-refractivity contribution in [3.8, 4) is 0 Å². The predicted octanol–water partition coefficient (Wildman–Crippen LogP) is 3.58. The van der Waals surface area contributed by atoms with E-state index >= 15 is 0 Å². The SMILES string of the molecule is CC1(OC(=S)S)SSSS1. The maximum absolute atomic E-state index is 5.28. The van der Waals surface area contributed by atoms with Crippen LogP contribution in [-0.2, 0) is 4.74 Å². The van der Waals surface area contributed by atoms with Gasteiger partial charge in [-0.25, -0.2) is 0 Å². The summed E-state index contributed by atoms with van der Waals surface area (Å²) in [5.41, 5.74) is 0. The van der Waals surface area contributed by atoms with Crippen LogP contribution in [0.25, 0.3) is 0 Å². The van der Waals surface area contributed by atoms with Crippen LogP contribution >= 0.6 is 66.1 Å². The van der Waals surface area contributed by atoms with Crippen LogP contribution in [-0.4, -0.2) is 8.65 Å². The molecule has 10 heavy (non-hydrogen) atoms. The van der Waals surface area contributed by atoms with E-state index in [-0.39, 0.29) is 4.27 Å². The summed E-state index contributed by atoms with van der Waals surface area (Å²) in [5.74, 6) is 0. The van der Waals surface area contributed by atoms with Crippen molar-refractivity contribution < 1.29 is 4.74 Å². The highest BCUT2D eigenvalue weighted by Crippen LogP contribution is 2.65. The van der Waals surface area contributed by atoms with Gasteiger partial charge < -0.3 is 4.74 Å². The monoisotopic (exact) mass is 248 g/mol. The summed E-state index contributed by atoms with van der Waals surface area (Å²) < 4.78 is 5.35. The van der Waals surface area contributed by atoms with Crippen molar-refractivity contribution in [2.75, 3.05) is 0 Å². The molecule has 7 heteroatoms. The first-order valence-corrected chi connectivity index (χ1v) is 7.92. The third-order valence-corrected chi connectivity index (χ3v) is 8.65. The molecule has 1 nitrogen and oxygen atoms in total. The second-order valence-electron chi connectivity index (χ2n) is 1.53. The van der Waals surface area contributed by atoms with Crippen molar-refractivity contribution in [2.45, 2.75) is 11.2 Å². The fraction of sp³-hybridized carbons (Fsp3) is 0.667. The fourth-order valence-corrected chi connectivity index (χ4v) is 9.42. The van der Waals surface area contributed by atoms with Gasteiger partial charge in [0.25, 0.3) is 0 Å². The third kappa shape index (κ3) is 2.94. The minimum Gasteiger partial charge on any atom is -0.450 e. The molecule has 0 unspecified atom stereocenters. The van der Waals surface area contributed by atoms with Crippen LogP contribution in [0.15, 0.2) is 0 Å². The van der Waals surface area contributed by atoms with Gasteiger partial charge in [0, 0.05) is 0 Å². The Morgan fingerprint density at radius 3 is 2.40 bits per heavy atom. The zero-order valence-electron chi connectivity index (χ0n) is 4.90. The van der Waals surface area contributed by atoms with Gasteiger partial charge in [-0.3, -0.25) is 0 Å². The zero-order valence-corrected chi connectivity index (χ0v) is 9.87. The lowest BCUT2D eigenvalue weighted by molar-refractivity contribution is 0.283. The van der Waals surface area contributed by atoms with E-state index in [0.717, 1.165) is 0 Å². The van der Waals surface area contributed by atoms with E-state index < -0.39 is 0 Å². The van der Waals surface area contributed by atoms with Crippen LogP contribution in [0, 0.1) is 0 Å². The minimum absolute atomic E-state index is 0.242. The van der Waals surface area contributed by atoms with Crippen molar-refractivity contribution >= 4 is 70.5 Å². The average molecular weight is 248 g/mol. The largest absolute Gasteiger partial charge is 0.450 e. The smallest absolute Gasteiger partial charge is 0.221 e.